The molecule has 0 atom stereocenters. The summed E-state index contributed by atoms with van der Waals surface area (Å²) in [6.07, 6.45) is 0. The Morgan fingerprint density at radius 1 is 0.375 bits per heavy atom. The third kappa shape index (κ3) is 3.44. The minimum Gasteiger partial charge on any atom is -0.0656 e. The summed E-state index contributed by atoms with van der Waals surface area (Å²) in [5.74, 6) is 0. The Labute approximate surface area is 236 Å². The van der Waals surface area contributed by atoms with Crippen molar-refractivity contribution in [1.82, 2.24) is 0 Å². The molecule has 0 aliphatic heterocycles. The fourth-order valence-corrected chi connectivity index (χ4v) is 8.41. The first-order chi connectivity index (χ1) is 19.5. The van der Waals surface area contributed by atoms with Gasteiger partial charge in [-0.05, 0) is 89.0 Å². The lowest BCUT2D eigenvalue weighted by Crippen LogP contribution is -2.39. The number of hydrogen-bond donors (Lipinski definition) is 0. The quantitative estimate of drug-likeness (QED) is 0.201. The molecule has 8 rings (SSSR count). The van der Waals surface area contributed by atoms with Crippen molar-refractivity contribution in [1.29, 1.82) is 0 Å². The summed E-state index contributed by atoms with van der Waals surface area (Å²) in [5, 5.41) is 9.38. The van der Waals surface area contributed by atoms with Gasteiger partial charge in [0.05, 0.1) is 8.07 Å². The van der Waals surface area contributed by atoms with Gasteiger partial charge in [-0.25, -0.2) is 0 Å². The lowest BCUT2D eigenvalue weighted by molar-refractivity contribution is 1.61. The highest BCUT2D eigenvalue weighted by atomic mass is 28.3. The highest BCUT2D eigenvalue weighted by molar-refractivity contribution is 6.90. The summed E-state index contributed by atoms with van der Waals surface area (Å²) in [6, 6.07) is 47.7. The highest BCUT2D eigenvalue weighted by Gasteiger charge is 2.33. The maximum atomic E-state index is 2.56. The van der Waals surface area contributed by atoms with Gasteiger partial charge in [0, 0.05) is 0 Å². The lowest BCUT2D eigenvalue weighted by atomic mass is 9.86. The third-order valence-corrected chi connectivity index (χ3v) is 10.7. The van der Waals surface area contributed by atoms with Crippen LogP contribution < -0.4 is 5.19 Å². The van der Waals surface area contributed by atoms with Gasteiger partial charge in [0.15, 0.2) is 0 Å². The smallest absolute Gasteiger partial charge is 0.0656 e. The second kappa shape index (κ2) is 8.52. The van der Waals surface area contributed by atoms with Crippen LogP contribution in [0.1, 0.15) is 0 Å². The Kier molecular flexibility index (Phi) is 4.99. The van der Waals surface area contributed by atoms with E-state index in [1.54, 1.807) is 0 Å². The number of benzene rings is 7. The van der Waals surface area contributed by atoms with Crippen LogP contribution in [0.25, 0.3) is 76.8 Å². The van der Waals surface area contributed by atoms with E-state index in [9.17, 15) is 0 Å². The van der Waals surface area contributed by atoms with Crippen molar-refractivity contribution in [3.63, 3.8) is 0 Å². The molecule has 0 unspecified atom stereocenters. The van der Waals surface area contributed by atoms with Gasteiger partial charge in [-0.1, -0.05) is 140 Å². The van der Waals surface area contributed by atoms with E-state index in [0.29, 0.717) is 0 Å². The summed E-state index contributed by atoms with van der Waals surface area (Å²) in [5.41, 5.74) is 10.9. The Hall–Kier alpha value is -4.46. The molecular weight excluding hydrogens is 497 g/mol. The lowest BCUT2D eigenvalue weighted by Gasteiger charge is -2.27. The van der Waals surface area contributed by atoms with Crippen molar-refractivity contribution >= 4 is 45.6 Å². The van der Waals surface area contributed by atoms with Crippen molar-refractivity contribution in [2.75, 3.05) is 0 Å². The summed E-state index contributed by atoms with van der Waals surface area (Å²) in [6.45, 7) is 7.48. The maximum absolute atomic E-state index is 2.56. The van der Waals surface area contributed by atoms with E-state index >= 15 is 0 Å². The number of fused-ring (bicyclic) bond motifs is 5. The molecule has 1 aliphatic rings. The minimum atomic E-state index is -1.78. The van der Waals surface area contributed by atoms with Crippen LogP contribution >= 0.6 is 0 Å². The Balaban J connectivity index is 1.54. The SMILES string of the molecule is C[Si](C)(C)c1cc(-c2ccc3ccccc3c2)c2c(c1-c1ccc3ccccc3c1)-c1cccc3cccc-2c13. The molecule has 0 fully saturated rings. The summed E-state index contributed by atoms with van der Waals surface area (Å²) in [4.78, 5) is 0. The molecular formula is C39H30Si. The molecule has 0 amide bonds. The molecule has 0 aromatic heterocycles. The van der Waals surface area contributed by atoms with Gasteiger partial charge in [0.25, 0.3) is 0 Å². The number of hydrogen-bond acceptors (Lipinski definition) is 0. The van der Waals surface area contributed by atoms with Crippen molar-refractivity contribution in [2.45, 2.75) is 19.6 Å². The van der Waals surface area contributed by atoms with Gasteiger partial charge in [-0.15, -0.1) is 0 Å². The van der Waals surface area contributed by atoms with Crippen molar-refractivity contribution < 1.29 is 0 Å². The van der Waals surface area contributed by atoms with Crippen LogP contribution in [0.3, 0.4) is 0 Å². The minimum absolute atomic E-state index is 1.28. The first kappa shape index (κ1) is 23.4. The molecule has 0 spiro atoms. The maximum Gasteiger partial charge on any atom is 0.0784 e. The average molecular weight is 527 g/mol. The van der Waals surface area contributed by atoms with E-state index in [1.165, 1.54) is 82.0 Å². The molecule has 190 valence electrons. The monoisotopic (exact) mass is 526 g/mol. The second-order valence-corrected chi connectivity index (χ2v) is 17.2. The van der Waals surface area contributed by atoms with Crippen LogP contribution in [-0.2, 0) is 0 Å². The standard InChI is InChI=1S/C39H30Si/c1-40(2,3)35-24-34(30-20-18-25-10-4-6-12-28(25)22-30)38-32-16-8-14-27-15-9-17-33(36(27)32)39(38)37(35)31-21-19-26-11-5-7-13-29(26)23-31/h4-24H,1-3H3. The molecule has 7 aromatic carbocycles. The van der Waals surface area contributed by atoms with E-state index in [1.807, 2.05) is 0 Å². The normalized spacial score (nSPS) is 12.4. The Morgan fingerprint density at radius 3 is 1.52 bits per heavy atom. The van der Waals surface area contributed by atoms with Crippen LogP contribution in [0, 0.1) is 0 Å². The van der Waals surface area contributed by atoms with Crippen molar-refractivity contribution in [3.8, 4) is 44.5 Å². The van der Waals surface area contributed by atoms with E-state index in [0.717, 1.165) is 0 Å². The zero-order valence-electron chi connectivity index (χ0n) is 23.1. The van der Waals surface area contributed by atoms with Gasteiger partial charge >= 0.3 is 0 Å². The Morgan fingerprint density at radius 2 is 0.900 bits per heavy atom. The van der Waals surface area contributed by atoms with E-state index in [4.69, 9.17) is 0 Å². The van der Waals surface area contributed by atoms with Crippen LogP contribution in [0.2, 0.25) is 19.6 Å². The van der Waals surface area contributed by atoms with Crippen molar-refractivity contribution in [2.24, 2.45) is 0 Å². The highest BCUT2D eigenvalue weighted by Crippen LogP contribution is 2.54. The molecule has 1 aliphatic carbocycles. The number of rotatable bonds is 3. The Bertz CT molecular complexity index is 2140. The molecule has 7 aromatic rings. The predicted molar refractivity (Wildman–Crippen MR) is 177 cm³/mol. The first-order valence-corrected chi connectivity index (χ1v) is 17.7. The molecule has 0 nitrogen and oxygen atoms in total. The molecule has 0 heterocycles. The van der Waals surface area contributed by atoms with Gasteiger partial charge < -0.3 is 0 Å². The molecule has 40 heavy (non-hydrogen) atoms. The van der Waals surface area contributed by atoms with E-state index in [-0.39, 0.29) is 0 Å². The molecule has 0 bridgehead atoms. The zero-order valence-corrected chi connectivity index (χ0v) is 24.1. The van der Waals surface area contributed by atoms with Crippen LogP contribution in [0.4, 0.5) is 0 Å². The van der Waals surface area contributed by atoms with Gasteiger partial charge in [-0.3, -0.25) is 0 Å². The molecule has 1 heteroatoms. The largest absolute Gasteiger partial charge is 0.0784 e. The first-order valence-electron chi connectivity index (χ1n) is 14.2. The summed E-state index contributed by atoms with van der Waals surface area (Å²) in [7, 11) is -1.78. The molecule has 0 saturated heterocycles. The summed E-state index contributed by atoms with van der Waals surface area (Å²) >= 11 is 0. The zero-order chi connectivity index (χ0) is 27.0. The molecule has 0 saturated carbocycles. The average Bonchev–Trinajstić information content (AvgIpc) is 3.31. The van der Waals surface area contributed by atoms with Gasteiger partial charge in [-0.2, -0.15) is 0 Å². The van der Waals surface area contributed by atoms with Crippen molar-refractivity contribution in [3.05, 3.63) is 127 Å². The fraction of sp³-hybridized carbons (Fsp3) is 0.0769. The predicted octanol–water partition coefficient (Wildman–Crippen LogP) is 10.7. The van der Waals surface area contributed by atoms with Crippen LogP contribution in [0.15, 0.2) is 127 Å². The van der Waals surface area contributed by atoms with E-state index < -0.39 is 8.07 Å². The molecule has 0 N–H and O–H groups in total. The second-order valence-electron chi connectivity index (χ2n) is 12.2. The third-order valence-electron chi connectivity index (χ3n) is 8.68. The van der Waals surface area contributed by atoms with Crippen LogP contribution in [-0.4, -0.2) is 8.07 Å². The van der Waals surface area contributed by atoms with E-state index in [2.05, 4.69) is 147 Å². The fourth-order valence-electron chi connectivity index (χ4n) is 6.81. The summed E-state index contributed by atoms with van der Waals surface area (Å²) < 4.78 is 0. The molecule has 0 radical (unpaired) electrons. The van der Waals surface area contributed by atoms with Gasteiger partial charge in [0.2, 0.25) is 0 Å². The van der Waals surface area contributed by atoms with Crippen LogP contribution in [0.5, 0.6) is 0 Å². The van der Waals surface area contributed by atoms with Gasteiger partial charge in [0.1, 0.15) is 0 Å². The topological polar surface area (TPSA) is 0 Å².